The molecule has 3 heterocycles. The normalized spacial score (nSPS) is 16.9. The molecule has 1 aromatic carbocycles. The Morgan fingerprint density at radius 1 is 1.03 bits per heavy atom. The van der Waals surface area contributed by atoms with Gasteiger partial charge in [0.2, 0.25) is 5.95 Å². The van der Waals surface area contributed by atoms with Crippen LogP contribution in [-0.4, -0.2) is 40.6 Å². The minimum absolute atomic E-state index is 0.0621. The smallest absolute Gasteiger partial charge is 0.227 e. The molecule has 9 heteroatoms. The number of rotatable bonds is 3. The van der Waals surface area contributed by atoms with Crippen LogP contribution >= 0.6 is 34.8 Å². The Morgan fingerprint density at radius 2 is 1.86 bits per heavy atom. The van der Waals surface area contributed by atoms with Crippen LogP contribution in [0, 0.1) is 5.82 Å². The summed E-state index contributed by atoms with van der Waals surface area (Å²) in [5.74, 6) is 0.766. The first-order valence-electron chi connectivity index (χ1n) is 9.04. The summed E-state index contributed by atoms with van der Waals surface area (Å²) in [5, 5.41) is 0.981. The lowest BCUT2D eigenvalue weighted by molar-refractivity contribution is 0.537. The van der Waals surface area contributed by atoms with Gasteiger partial charge in [-0.15, -0.1) is 0 Å². The SMILES string of the molecule is C[C@H]1CN(c2ncccc2Cl)CCN1c1nc(Cl)cc(-c2ccc(Cl)c(F)c2)n1. The van der Waals surface area contributed by atoms with Crippen LogP contribution in [0.2, 0.25) is 15.2 Å². The maximum absolute atomic E-state index is 13.9. The molecule has 29 heavy (non-hydrogen) atoms. The number of benzene rings is 1. The van der Waals surface area contributed by atoms with E-state index in [1.54, 1.807) is 18.3 Å². The first kappa shape index (κ1) is 20.1. The second-order valence-corrected chi connectivity index (χ2v) is 8.00. The number of hydrogen-bond donors (Lipinski definition) is 0. The van der Waals surface area contributed by atoms with Crippen LogP contribution in [0.1, 0.15) is 6.92 Å². The van der Waals surface area contributed by atoms with Crippen molar-refractivity contribution in [3.05, 3.63) is 63.6 Å². The van der Waals surface area contributed by atoms with Crippen molar-refractivity contribution in [2.45, 2.75) is 13.0 Å². The van der Waals surface area contributed by atoms with Crippen molar-refractivity contribution in [2.24, 2.45) is 0 Å². The van der Waals surface area contributed by atoms with Crippen molar-refractivity contribution in [1.82, 2.24) is 15.0 Å². The molecule has 0 unspecified atom stereocenters. The fourth-order valence-corrected chi connectivity index (χ4v) is 3.93. The Hall–Kier alpha value is -2.15. The molecule has 1 fully saturated rings. The van der Waals surface area contributed by atoms with E-state index >= 15 is 0 Å². The van der Waals surface area contributed by atoms with Gasteiger partial charge in [-0.05, 0) is 31.2 Å². The van der Waals surface area contributed by atoms with Gasteiger partial charge in [0.25, 0.3) is 0 Å². The maximum Gasteiger partial charge on any atom is 0.227 e. The molecule has 2 aromatic heterocycles. The molecule has 4 rings (SSSR count). The van der Waals surface area contributed by atoms with Gasteiger partial charge >= 0.3 is 0 Å². The van der Waals surface area contributed by atoms with E-state index in [1.165, 1.54) is 12.1 Å². The predicted octanol–water partition coefficient (Wildman–Crippen LogP) is 5.35. The van der Waals surface area contributed by atoms with Gasteiger partial charge in [-0.25, -0.2) is 19.3 Å². The predicted molar refractivity (Wildman–Crippen MR) is 116 cm³/mol. The van der Waals surface area contributed by atoms with Crippen LogP contribution in [-0.2, 0) is 0 Å². The minimum Gasteiger partial charge on any atom is -0.352 e. The van der Waals surface area contributed by atoms with Gasteiger partial charge in [0.1, 0.15) is 16.8 Å². The summed E-state index contributed by atoms with van der Waals surface area (Å²) in [6, 6.07) is 9.90. The monoisotopic (exact) mass is 451 g/mol. The molecule has 150 valence electrons. The summed E-state index contributed by atoms with van der Waals surface area (Å²) in [4.78, 5) is 17.6. The molecule has 1 aliphatic rings. The van der Waals surface area contributed by atoms with Crippen molar-refractivity contribution in [1.29, 1.82) is 0 Å². The third-order valence-corrected chi connectivity index (χ3v) is 5.62. The minimum atomic E-state index is -0.505. The maximum atomic E-state index is 13.9. The molecule has 1 saturated heterocycles. The van der Waals surface area contributed by atoms with Crippen LogP contribution in [0.25, 0.3) is 11.3 Å². The van der Waals surface area contributed by atoms with Crippen LogP contribution in [0.3, 0.4) is 0 Å². The Labute approximate surface area is 183 Å². The highest BCUT2D eigenvalue weighted by molar-refractivity contribution is 6.33. The molecule has 5 nitrogen and oxygen atoms in total. The summed E-state index contributed by atoms with van der Waals surface area (Å²) in [5.41, 5.74) is 1.13. The van der Waals surface area contributed by atoms with Gasteiger partial charge in [0.15, 0.2) is 0 Å². The zero-order chi connectivity index (χ0) is 20.5. The fraction of sp³-hybridized carbons (Fsp3) is 0.250. The van der Waals surface area contributed by atoms with E-state index in [-0.39, 0.29) is 11.1 Å². The number of aromatic nitrogens is 3. The van der Waals surface area contributed by atoms with Crippen molar-refractivity contribution in [3.63, 3.8) is 0 Å². The number of piperazine rings is 1. The lowest BCUT2D eigenvalue weighted by Crippen LogP contribution is -2.53. The molecule has 0 bridgehead atoms. The molecule has 0 amide bonds. The molecule has 0 saturated carbocycles. The number of hydrogen-bond acceptors (Lipinski definition) is 5. The van der Waals surface area contributed by atoms with E-state index in [0.717, 1.165) is 5.82 Å². The largest absolute Gasteiger partial charge is 0.352 e. The van der Waals surface area contributed by atoms with Gasteiger partial charge < -0.3 is 9.80 Å². The summed E-state index contributed by atoms with van der Waals surface area (Å²) in [7, 11) is 0. The quantitative estimate of drug-likeness (QED) is 0.501. The van der Waals surface area contributed by atoms with E-state index in [4.69, 9.17) is 34.8 Å². The summed E-state index contributed by atoms with van der Waals surface area (Å²) in [6.07, 6.45) is 1.73. The second kappa shape index (κ2) is 8.30. The molecular weight excluding hydrogens is 436 g/mol. The van der Waals surface area contributed by atoms with Crippen molar-refractivity contribution in [2.75, 3.05) is 29.4 Å². The zero-order valence-electron chi connectivity index (χ0n) is 15.5. The third-order valence-electron chi connectivity index (χ3n) is 4.82. The molecule has 0 radical (unpaired) electrons. The van der Waals surface area contributed by atoms with Gasteiger partial charge in [0, 0.05) is 43.5 Å². The number of pyridine rings is 1. The summed E-state index contributed by atoms with van der Waals surface area (Å²) < 4.78 is 13.9. The van der Waals surface area contributed by atoms with Crippen LogP contribution in [0.4, 0.5) is 16.2 Å². The lowest BCUT2D eigenvalue weighted by Gasteiger charge is -2.40. The van der Waals surface area contributed by atoms with Gasteiger partial charge in [-0.2, -0.15) is 0 Å². The Bertz CT molecular complexity index is 1050. The van der Waals surface area contributed by atoms with Gasteiger partial charge in [-0.3, -0.25) is 0 Å². The van der Waals surface area contributed by atoms with E-state index in [2.05, 4.69) is 31.7 Å². The average molecular weight is 453 g/mol. The lowest BCUT2D eigenvalue weighted by atomic mass is 10.1. The second-order valence-electron chi connectivity index (χ2n) is 6.80. The molecular formula is C20H17Cl3FN5. The van der Waals surface area contributed by atoms with Crippen LogP contribution < -0.4 is 9.80 Å². The number of anilines is 2. The van der Waals surface area contributed by atoms with E-state index in [1.807, 2.05) is 12.1 Å². The van der Waals surface area contributed by atoms with Crippen LogP contribution in [0.15, 0.2) is 42.6 Å². The number of nitrogens with zero attached hydrogens (tertiary/aromatic N) is 5. The molecule has 0 aliphatic carbocycles. The standard InChI is InChI=1S/C20H17Cl3FN5/c1-12-11-28(19-15(22)3-2-6-25-19)7-8-29(12)20-26-17(10-18(23)27-20)13-4-5-14(21)16(24)9-13/h2-6,9-10,12H,7-8,11H2,1H3/t12-/m0/s1. The van der Waals surface area contributed by atoms with E-state index in [9.17, 15) is 4.39 Å². The molecule has 1 aliphatic heterocycles. The molecule has 0 spiro atoms. The molecule has 3 aromatic rings. The highest BCUT2D eigenvalue weighted by Gasteiger charge is 2.28. The Kier molecular flexibility index (Phi) is 5.76. The third kappa shape index (κ3) is 4.25. The Morgan fingerprint density at radius 3 is 2.59 bits per heavy atom. The summed E-state index contributed by atoms with van der Waals surface area (Å²) in [6.45, 7) is 4.16. The van der Waals surface area contributed by atoms with Crippen molar-refractivity contribution in [3.8, 4) is 11.3 Å². The topological polar surface area (TPSA) is 45.2 Å². The van der Waals surface area contributed by atoms with Crippen molar-refractivity contribution < 1.29 is 4.39 Å². The Balaban J connectivity index is 1.60. The van der Waals surface area contributed by atoms with Crippen molar-refractivity contribution >= 4 is 46.6 Å². The first-order valence-corrected chi connectivity index (χ1v) is 10.2. The zero-order valence-corrected chi connectivity index (χ0v) is 17.8. The fourth-order valence-electron chi connectivity index (χ4n) is 3.39. The van der Waals surface area contributed by atoms with Crippen LogP contribution in [0.5, 0.6) is 0 Å². The highest BCUT2D eigenvalue weighted by Crippen LogP contribution is 2.29. The number of halogens is 4. The highest BCUT2D eigenvalue weighted by atomic mass is 35.5. The van der Waals surface area contributed by atoms with Gasteiger partial charge in [-0.1, -0.05) is 40.9 Å². The van der Waals surface area contributed by atoms with Gasteiger partial charge in [0.05, 0.1) is 15.7 Å². The first-order chi connectivity index (χ1) is 13.9. The summed E-state index contributed by atoms with van der Waals surface area (Å²) >= 11 is 18.3. The molecule has 0 N–H and O–H groups in total. The van der Waals surface area contributed by atoms with E-state index < -0.39 is 5.82 Å². The average Bonchev–Trinajstić information content (AvgIpc) is 2.70. The molecule has 1 atom stereocenters. The van der Waals surface area contributed by atoms with E-state index in [0.29, 0.717) is 47.0 Å².